The van der Waals surface area contributed by atoms with Crippen molar-refractivity contribution in [2.45, 2.75) is 31.2 Å². The Balaban J connectivity index is 2.26. The van der Waals surface area contributed by atoms with Gasteiger partial charge in [-0.1, -0.05) is 34.1 Å². The fraction of sp³-hybridized carbons (Fsp3) is 0.562. The molecule has 0 bridgehead atoms. The van der Waals surface area contributed by atoms with Crippen molar-refractivity contribution >= 4 is 31.7 Å². The van der Waals surface area contributed by atoms with Crippen LogP contribution in [0, 0.1) is 11.8 Å². The van der Waals surface area contributed by atoms with Crippen LogP contribution >= 0.6 is 15.9 Å². The Hall–Kier alpha value is -0.880. The highest BCUT2D eigenvalue weighted by Gasteiger charge is 2.45. The molecule has 1 amide bonds. The second-order valence-electron chi connectivity index (χ2n) is 6.74. The molecular weight excluding hydrogens is 366 g/mol. The van der Waals surface area contributed by atoms with E-state index in [0.717, 1.165) is 0 Å². The average Bonchev–Trinajstić information content (AvgIpc) is 2.76. The van der Waals surface area contributed by atoms with Gasteiger partial charge in [-0.15, -0.1) is 0 Å². The highest BCUT2D eigenvalue weighted by Crippen LogP contribution is 2.33. The van der Waals surface area contributed by atoms with Crippen LogP contribution in [0.3, 0.4) is 0 Å². The Morgan fingerprint density at radius 1 is 1.23 bits per heavy atom. The Morgan fingerprint density at radius 3 is 2.32 bits per heavy atom. The number of hydrogen-bond donors (Lipinski definition) is 0. The summed E-state index contributed by atoms with van der Waals surface area (Å²) in [6.45, 7) is 6.53. The van der Waals surface area contributed by atoms with Gasteiger partial charge >= 0.3 is 0 Å². The average molecular weight is 388 g/mol. The van der Waals surface area contributed by atoms with E-state index in [1.165, 1.54) is 0 Å². The summed E-state index contributed by atoms with van der Waals surface area (Å²) in [6.07, 6.45) is 0. The third-order valence-corrected chi connectivity index (χ3v) is 6.70. The largest absolute Gasteiger partial charge is 0.337 e. The molecule has 6 heteroatoms. The maximum atomic E-state index is 12.7. The lowest BCUT2D eigenvalue weighted by molar-refractivity contribution is -0.134. The predicted octanol–water partition coefficient (Wildman–Crippen LogP) is 2.73. The molecular formula is C16H22BrNO3S. The summed E-state index contributed by atoms with van der Waals surface area (Å²) in [5, 5.41) is 0.625. The lowest BCUT2D eigenvalue weighted by Gasteiger charge is -2.32. The van der Waals surface area contributed by atoms with E-state index >= 15 is 0 Å². The first kappa shape index (κ1) is 17.5. The van der Waals surface area contributed by atoms with Gasteiger partial charge in [0.1, 0.15) is 0 Å². The van der Waals surface area contributed by atoms with Gasteiger partial charge in [0.25, 0.3) is 0 Å². The van der Waals surface area contributed by atoms with E-state index in [-0.39, 0.29) is 28.0 Å². The van der Waals surface area contributed by atoms with E-state index in [0.29, 0.717) is 11.9 Å². The van der Waals surface area contributed by atoms with E-state index in [2.05, 4.69) is 15.9 Å². The number of benzene rings is 1. The van der Waals surface area contributed by atoms with Crippen molar-refractivity contribution in [1.82, 2.24) is 4.90 Å². The maximum Gasteiger partial charge on any atom is 0.227 e. The molecule has 0 N–H and O–H groups in total. The van der Waals surface area contributed by atoms with Gasteiger partial charge in [0.05, 0.1) is 16.6 Å². The molecule has 0 saturated carbocycles. The van der Waals surface area contributed by atoms with E-state index < -0.39 is 15.8 Å². The van der Waals surface area contributed by atoms with E-state index in [1.807, 2.05) is 20.8 Å². The first-order chi connectivity index (χ1) is 10.2. The molecule has 1 aliphatic rings. The lowest BCUT2D eigenvalue weighted by atomic mass is 10.00. The summed E-state index contributed by atoms with van der Waals surface area (Å²) in [4.78, 5) is 14.7. The van der Waals surface area contributed by atoms with Crippen molar-refractivity contribution in [1.29, 1.82) is 0 Å². The zero-order valence-electron chi connectivity index (χ0n) is 13.1. The SMILES string of the molecule is CC(C)(C)N1C[C@@H](CBr)[C@H](CS(=O)(=O)c2ccccc2)C1=O. The third-order valence-electron chi connectivity index (χ3n) is 4.08. The second-order valence-corrected chi connectivity index (χ2v) is 9.42. The van der Waals surface area contributed by atoms with Gasteiger partial charge in [-0.3, -0.25) is 4.79 Å². The van der Waals surface area contributed by atoms with E-state index in [9.17, 15) is 13.2 Å². The van der Waals surface area contributed by atoms with Crippen molar-refractivity contribution in [3.8, 4) is 0 Å². The highest BCUT2D eigenvalue weighted by molar-refractivity contribution is 9.09. The van der Waals surface area contributed by atoms with Crippen molar-refractivity contribution in [2.24, 2.45) is 11.8 Å². The minimum Gasteiger partial charge on any atom is -0.337 e. The molecule has 122 valence electrons. The molecule has 1 aromatic rings. The standard InChI is InChI=1S/C16H22BrNO3S/c1-16(2,3)18-10-12(9-17)14(15(18)19)11-22(20,21)13-7-5-4-6-8-13/h4-8,12,14H,9-11H2,1-3H3/t12-,14+/m1/s1. The molecule has 1 heterocycles. The van der Waals surface area contributed by atoms with Crippen LogP contribution in [0.5, 0.6) is 0 Å². The summed E-state index contributed by atoms with van der Waals surface area (Å²) in [6, 6.07) is 8.35. The quantitative estimate of drug-likeness (QED) is 0.746. The summed E-state index contributed by atoms with van der Waals surface area (Å²) in [7, 11) is -3.46. The number of likely N-dealkylation sites (tertiary alicyclic amines) is 1. The zero-order chi connectivity index (χ0) is 16.5. The summed E-state index contributed by atoms with van der Waals surface area (Å²) in [5.41, 5.74) is -0.289. The van der Waals surface area contributed by atoms with Crippen LogP contribution in [-0.2, 0) is 14.6 Å². The number of halogens is 1. The van der Waals surface area contributed by atoms with Gasteiger partial charge < -0.3 is 4.90 Å². The Kier molecular flexibility index (Phi) is 5.02. The molecule has 2 rings (SSSR count). The van der Waals surface area contributed by atoms with Crippen LogP contribution in [0.15, 0.2) is 35.2 Å². The summed E-state index contributed by atoms with van der Waals surface area (Å²) in [5.74, 6) is -0.649. The Labute approximate surface area is 140 Å². The van der Waals surface area contributed by atoms with Crippen LogP contribution in [0.1, 0.15) is 20.8 Å². The van der Waals surface area contributed by atoms with Gasteiger partial charge in [-0.25, -0.2) is 8.42 Å². The molecule has 1 aliphatic heterocycles. The van der Waals surface area contributed by atoms with Gasteiger partial charge in [-0.05, 0) is 38.8 Å². The first-order valence-corrected chi connectivity index (χ1v) is 10.1. The van der Waals surface area contributed by atoms with Crippen LogP contribution in [-0.4, -0.2) is 42.4 Å². The number of carbonyl (C=O) groups is 1. The summed E-state index contributed by atoms with van der Waals surface area (Å²) >= 11 is 3.43. The number of alkyl halides is 1. The maximum absolute atomic E-state index is 12.7. The molecule has 0 unspecified atom stereocenters. The second kappa shape index (κ2) is 6.32. The van der Waals surface area contributed by atoms with Crippen molar-refractivity contribution in [2.75, 3.05) is 17.6 Å². The molecule has 1 saturated heterocycles. The normalized spacial score (nSPS) is 23.1. The van der Waals surface area contributed by atoms with Gasteiger partial charge in [-0.2, -0.15) is 0 Å². The van der Waals surface area contributed by atoms with Gasteiger partial charge in [0.15, 0.2) is 9.84 Å². The number of hydrogen-bond acceptors (Lipinski definition) is 3. The number of rotatable bonds is 4. The van der Waals surface area contributed by atoms with E-state index in [4.69, 9.17) is 0 Å². The molecule has 0 spiro atoms. The lowest BCUT2D eigenvalue weighted by Crippen LogP contribution is -2.43. The molecule has 1 aromatic carbocycles. The monoisotopic (exact) mass is 387 g/mol. The fourth-order valence-corrected chi connectivity index (χ4v) is 5.09. The first-order valence-electron chi connectivity index (χ1n) is 7.32. The fourth-order valence-electron chi connectivity index (χ4n) is 2.78. The highest BCUT2D eigenvalue weighted by atomic mass is 79.9. The molecule has 0 radical (unpaired) electrons. The minimum absolute atomic E-state index is 0.0187. The van der Waals surface area contributed by atoms with Crippen LogP contribution < -0.4 is 0 Å². The Morgan fingerprint density at radius 2 is 1.82 bits per heavy atom. The number of nitrogens with zero attached hydrogens (tertiary/aromatic N) is 1. The molecule has 1 fully saturated rings. The van der Waals surface area contributed by atoms with Crippen molar-refractivity contribution in [3.05, 3.63) is 30.3 Å². The van der Waals surface area contributed by atoms with Crippen molar-refractivity contribution < 1.29 is 13.2 Å². The van der Waals surface area contributed by atoms with Crippen molar-refractivity contribution in [3.63, 3.8) is 0 Å². The molecule has 22 heavy (non-hydrogen) atoms. The van der Waals surface area contributed by atoms with Crippen LogP contribution in [0.25, 0.3) is 0 Å². The third kappa shape index (κ3) is 3.54. The summed E-state index contributed by atoms with van der Waals surface area (Å²) < 4.78 is 25.1. The molecule has 0 aliphatic carbocycles. The minimum atomic E-state index is -3.46. The zero-order valence-corrected chi connectivity index (χ0v) is 15.5. The number of carbonyl (C=O) groups excluding carboxylic acids is 1. The number of sulfone groups is 1. The van der Waals surface area contributed by atoms with Crippen LogP contribution in [0.2, 0.25) is 0 Å². The van der Waals surface area contributed by atoms with Gasteiger partial charge in [0.2, 0.25) is 5.91 Å². The predicted molar refractivity (Wildman–Crippen MR) is 90.7 cm³/mol. The van der Waals surface area contributed by atoms with Gasteiger partial charge in [0, 0.05) is 17.4 Å². The van der Waals surface area contributed by atoms with E-state index in [1.54, 1.807) is 35.2 Å². The Bertz CT molecular complexity index is 637. The molecule has 4 nitrogen and oxygen atoms in total. The number of amides is 1. The molecule has 2 atom stereocenters. The van der Waals surface area contributed by atoms with Crippen LogP contribution in [0.4, 0.5) is 0 Å². The smallest absolute Gasteiger partial charge is 0.227 e. The topological polar surface area (TPSA) is 54.5 Å². The molecule has 0 aromatic heterocycles.